The van der Waals surface area contributed by atoms with Crippen molar-refractivity contribution in [3.63, 3.8) is 0 Å². The Morgan fingerprint density at radius 1 is 1.21 bits per heavy atom. The molecule has 0 aromatic heterocycles. The van der Waals surface area contributed by atoms with E-state index in [2.05, 4.69) is 71.1 Å². The zero-order valence-corrected chi connectivity index (χ0v) is 20.8. The van der Waals surface area contributed by atoms with Crippen molar-refractivity contribution in [1.82, 2.24) is 0 Å². The van der Waals surface area contributed by atoms with Crippen molar-refractivity contribution in [3.05, 3.63) is 42.2 Å². The van der Waals surface area contributed by atoms with Crippen LogP contribution < -0.4 is 0 Å². The highest BCUT2D eigenvalue weighted by Crippen LogP contribution is 2.59. The van der Waals surface area contributed by atoms with Crippen LogP contribution in [0.1, 0.15) is 47.0 Å². The van der Waals surface area contributed by atoms with Crippen molar-refractivity contribution in [2.45, 2.75) is 75.2 Å². The Kier molecular flexibility index (Phi) is 6.31. The number of allylic oxidation sites excluding steroid dienone is 1. The van der Waals surface area contributed by atoms with Crippen LogP contribution in [0.4, 0.5) is 0 Å². The fourth-order valence-electron chi connectivity index (χ4n) is 4.52. The second-order valence-corrected chi connectivity index (χ2v) is 16.2. The van der Waals surface area contributed by atoms with Gasteiger partial charge in [-0.05, 0) is 55.1 Å². The minimum Gasteiger partial charge on any atom is -0.546 e. The molecule has 0 bridgehead atoms. The maximum Gasteiger partial charge on any atom is 0.310 e. The van der Waals surface area contributed by atoms with Crippen LogP contribution in [-0.4, -0.2) is 26.6 Å². The van der Waals surface area contributed by atoms with Crippen LogP contribution in [0.3, 0.4) is 0 Å². The first-order chi connectivity index (χ1) is 13.5. The van der Waals surface area contributed by atoms with Crippen molar-refractivity contribution >= 4 is 26.0 Å². The molecule has 1 saturated carbocycles. The number of rotatable bonds is 5. The summed E-state index contributed by atoms with van der Waals surface area (Å²) in [5.41, 5.74) is -0.0812. The van der Waals surface area contributed by atoms with Gasteiger partial charge in [-0.15, -0.1) is 11.8 Å². The van der Waals surface area contributed by atoms with Gasteiger partial charge in [-0.2, -0.15) is 0 Å². The molecule has 2 aliphatic rings. The number of thioether (sulfide) groups is 1. The Balaban J connectivity index is 2.04. The average Bonchev–Trinajstić information content (AvgIpc) is 3.04. The summed E-state index contributed by atoms with van der Waals surface area (Å²) in [7, 11) is -0.454. The van der Waals surface area contributed by atoms with E-state index in [0.29, 0.717) is 0 Å². The number of methoxy groups -OCH3 is 1. The van der Waals surface area contributed by atoms with Crippen molar-refractivity contribution < 1.29 is 14.0 Å². The van der Waals surface area contributed by atoms with Crippen LogP contribution in [0.5, 0.6) is 0 Å². The van der Waals surface area contributed by atoms with Crippen molar-refractivity contribution in [2.75, 3.05) is 7.11 Å². The standard InChI is InChI=1S/C24H36O3SSi/c1-23(2,3)29(6,7)27-20-16-19(28-17-12-9-8-10-13-17)21(22(25)26-5)18-14-11-15-24(18,20)4/h8-10,12-13,16,18-19,21H,11,14-15H2,1-7H3/t18-,19+,21-,24+/m1/s1. The van der Waals surface area contributed by atoms with Gasteiger partial charge in [0, 0.05) is 15.6 Å². The van der Waals surface area contributed by atoms with Crippen LogP contribution in [0.2, 0.25) is 18.1 Å². The van der Waals surface area contributed by atoms with Crippen LogP contribution in [0.25, 0.3) is 0 Å². The molecule has 5 heteroatoms. The van der Waals surface area contributed by atoms with Gasteiger partial charge in [-0.1, -0.05) is 52.3 Å². The summed E-state index contributed by atoms with van der Waals surface area (Å²) >= 11 is 1.76. The number of esters is 1. The van der Waals surface area contributed by atoms with E-state index in [1.807, 2.05) is 6.07 Å². The molecule has 1 aromatic rings. The Morgan fingerprint density at radius 2 is 1.86 bits per heavy atom. The number of ether oxygens (including phenoxy) is 1. The molecule has 1 fully saturated rings. The summed E-state index contributed by atoms with van der Waals surface area (Å²) in [5.74, 6) is 1.17. The molecule has 3 rings (SSSR count). The summed E-state index contributed by atoms with van der Waals surface area (Å²) < 4.78 is 12.2. The van der Waals surface area contributed by atoms with Gasteiger partial charge in [0.25, 0.3) is 0 Å². The van der Waals surface area contributed by atoms with Crippen LogP contribution >= 0.6 is 11.8 Å². The number of carbonyl (C=O) groups excluding carboxylic acids is 1. The van der Waals surface area contributed by atoms with Crippen molar-refractivity contribution in [1.29, 1.82) is 0 Å². The zero-order chi connectivity index (χ0) is 21.4. The van der Waals surface area contributed by atoms with Gasteiger partial charge in [0.05, 0.1) is 18.8 Å². The van der Waals surface area contributed by atoms with E-state index < -0.39 is 8.32 Å². The van der Waals surface area contributed by atoms with Gasteiger partial charge in [-0.25, -0.2) is 0 Å². The van der Waals surface area contributed by atoms with E-state index in [1.54, 1.807) is 11.8 Å². The molecule has 0 spiro atoms. The zero-order valence-electron chi connectivity index (χ0n) is 19.0. The molecule has 3 nitrogen and oxygen atoms in total. The highest BCUT2D eigenvalue weighted by Gasteiger charge is 2.56. The maximum atomic E-state index is 12.9. The first-order valence-corrected chi connectivity index (χ1v) is 14.5. The molecular weight excluding hydrogens is 396 g/mol. The maximum absolute atomic E-state index is 12.9. The number of benzene rings is 1. The lowest BCUT2D eigenvalue weighted by molar-refractivity contribution is -0.149. The SMILES string of the molecule is COC(=O)[C@H]1[C@@H](Sc2ccccc2)C=C(O[Si](C)(C)C(C)(C)C)[C@@]2(C)CCC[C@H]12. The summed E-state index contributed by atoms with van der Waals surface area (Å²) in [6, 6.07) is 10.4. The Hall–Kier alpha value is -1.20. The number of hydrogen-bond donors (Lipinski definition) is 0. The smallest absolute Gasteiger partial charge is 0.310 e. The third kappa shape index (κ3) is 4.31. The van der Waals surface area contributed by atoms with Crippen molar-refractivity contribution in [3.8, 4) is 0 Å². The Morgan fingerprint density at radius 3 is 2.45 bits per heavy atom. The molecule has 4 atom stereocenters. The fraction of sp³-hybridized carbons (Fsp3) is 0.625. The van der Waals surface area contributed by atoms with E-state index in [9.17, 15) is 4.79 Å². The van der Waals surface area contributed by atoms with E-state index in [4.69, 9.17) is 9.16 Å². The second-order valence-electron chi connectivity index (χ2n) is 10.3. The fourth-order valence-corrected chi connectivity index (χ4v) is 6.95. The monoisotopic (exact) mass is 432 g/mol. The Bertz CT molecular complexity index is 768. The van der Waals surface area contributed by atoms with Crippen LogP contribution in [-0.2, 0) is 14.0 Å². The van der Waals surface area contributed by atoms with E-state index in [0.717, 1.165) is 25.0 Å². The van der Waals surface area contributed by atoms with Gasteiger partial charge >= 0.3 is 5.97 Å². The van der Waals surface area contributed by atoms with Gasteiger partial charge in [0.15, 0.2) is 0 Å². The normalized spacial score (nSPS) is 29.8. The first-order valence-electron chi connectivity index (χ1n) is 10.7. The molecular formula is C24H36O3SSi. The predicted octanol–water partition coefficient (Wildman–Crippen LogP) is 6.66. The lowest BCUT2D eigenvalue weighted by Crippen LogP contribution is -2.48. The molecule has 0 heterocycles. The average molecular weight is 433 g/mol. The summed E-state index contributed by atoms with van der Waals surface area (Å²) in [6.07, 6.45) is 5.53. The quantitative estimate of drug-likeness (QED) is 0.385. The third-order valence-electron chi connectivity index (χ3n) is 7.36. The second kappa shape index (κ2) is 8.14. The number of carbonyl (C=O) groups is 1. The minimum absolute atomic E-state index is 0.0285. The highest BCUT2D eigenvalue weighted by molar-refractivity contribution is 8.00. The number of fused-ring (bicyclic) bond motifs is 1. The summed E-state index contributed by atoms with van der Waals surface area (Å²) in [5, 5.41) is 0.167. The van der Waals surface area contributed by atoms with Gasteiger partial charge < -0.3 is 9.16 Å². The van der Waals surface area contributed by atoms with E-state index in [1.165, 1.54) is 12.0 Å². The van der Waals surface area contributed by atoms with Gasteiger partial charge in [0.2, 0.25) is 8.32 Å². The summed E-state index contributed by atoms with van der Waals surface area (Å²) in [4.78, 5) is 14.1. The highest BCUT2D eigenvalue weighted by atomic mass is 32.2. The molecule has 0 N–H and O–H groups in total. The molecule has 0 amide bonds. The van der Waals surface area contributed by atoms with Crippen LogP contribution in [0.15, 0.2) is 47.1 Å². The lowest BCUT2D eigenvalue weighted by atomic mass is 9.67. The molecule has 0 aliphatic heterocycles. The van der Waals surface area contributed by atoms with E-state index in [-0.39, 0.29) is 33.5 Å². The lowest BCUT2D eigenvalue weighted by Gasteiger charge is -2.48. The summed E-state index contributed by atoms with van der Waals surface area (Å²) in [6.45, 7) is 13.8. The molecule has 0 radical (unpaired) electrons. The largest absolute Gasteiger partial charge is 0.546 e. The molecule has 2 aliphatic carbocycles. The molecule has 160 valence electrons. The van der Waals surface area contributed by atoms with Crippen molar-refractivity contribution in [2.24, 2.45) is 17.3 Å². The molecule has 1 aromatic carbocycles. The molecule has 0 saturated heterocycles. The predicted molar refractivity (Wildman–Crippen MR) is 123 cm³/mol. The molecule has 29 heavy (non-hydrogen) atoms. The van der Waals surface area contributed by atoms with Gasteiger partial charge in [0.1, 0.15) is 0 Å². The topological polar surface area (TPSA) is 35.5 Å². The van der Waals surface area contributed by atoms with Crippen LogP contribution in [0, 0.1) is 17.3 Å². The minimum atomic E-state index is -1.97. The molecule has 0 unspecified atom stereocenters. The first kappa shape index (κ1) is 22.5. The number of hydrogen-bond acceptors (Lipinski definition) is 4. The van der Waals surface area contributed by atoms with Gasteiger partial charge in [-0.3, -0.25) is 4.79 Å². The van der Waals surface area contributed by atoms with E-state index >= 15 is 0 Å². The third-order valence-corrected chi connectivity index (χ3v) is 12.9. The Labute approximate surface area is 181 Å².